The SMILES string of the molecule is C.CC[C@H]1OC(=O)[C@H](C)C(=O)[C@H](C)[C@@H](O[C@@H]2OC(C)CC(N(C)C)C2O)[C@](C)(OC)C[C@@H](C)CN[C@H](C)[C@H]2N(C/C=C/Cn3cc(-c4ccccn4)nn3)C(=O)O[C@]12C. The Hall–Kier alpha value is -3.80. The van der Waals surface area contributed by atoms with Crippen molar-refractivity contribution in [1.82, 2.24) is 35.1 Å². The van der Waals surface area contributed by atoms with E-state index in [-0.39, 0.29) is 38.1 Å². The summed E-state index contributed by atoms with van der Waals surface area (Å²) in [6, 6.07) is 4.48. The number of pyridine rings is 1. The minimum Gasteiger partial charge on any atom is -0.458 e. The van der Waals surface area contributed by atoms with Crippen LogP contribution in [0.3, 0.4) is 0 Å². The van der Waals surface area contributed by atoms with Gasteiger partial charge >= 0.3 is 12.1 Å². The minimum absolute atomic E-state index is 0. The number of ether oxygens (including phenoxy) is 5. The molecule has 2 aromatic rings. The van der Waals surface area contributed by atoms with Gasteiger partial charge in [-0.2, -0.15) is 0 Å². The van der Waals surface area contributed by atoms with Crippen LogP contribution in [0.5, 0.6) is 0 Å². The van der Waals surface area contributed by atoms with E-state index in [4.69, 9.17) is 23.7 Å². The molecule has 3 aliphatic heterocycles. The van der Waals surface area contributed by atoms with Crippen LogP contribution >= 0.6 is 0 Å². The lowest BCUT2D eigenvalue weighted by Crippen LogP contribution is -2.60. The van der Waals surface area contributed by atoms with E-state index in [0.29, 0.717) is 38.0 Å². The maximum atomic E-state index is 14.4. The fourth-order valence-electron chi connectivity index (χ4n) is 9.01. The van der Waals surface area contributed by atoms with Crippen molar-refractivity contribution < 1.29 is 43.2 Å². The number of carbonyl (C=O) groups is 3. The Kier molecular flexibility index (Phi) is 16.4. The molecule has 59 heavy (non-hydrogen) atoms. The molecule has 0 radical (unpaired) electrons. The van der Waals surface area contributed by atoms with E-state index >= 15 is 0 Å². The summed E-state index contributed by atoms with van der Waals surface area (Å²) in [7, 11) is 5.38. The molecule has 0 spiro atoms. The molecular weight excluding hydrogens is 759 g/mol. The summed E-state index contributed by atoms with van der Waals surface area (Å²) in [6.07, 6.45) is 4.14. The number of likely N-dealkylation sites (N-methyl/N-ethyl adjacent to an activating group) is 1. The van der Waals surface area contributed by atoms with Crippen LogP contribution in [0.15, 0.2) is 42.7 Å². The number of methoxy groups -OCH3 is 1. The number of Topliss-reactive ketones (excluding diaryl/α,β-unsaturated/α-hetero) is 1. The summed E-state index contributed by atoms with van der Waals surface area (Å²) in [4.78, 5) is 50.0. The zero-order chi connectivity index (χ0) is 42.5. The fourth-order valence-corrected chi connectivity index (χ4v) is 9.01. The molecule has 3 unspecified atom stereocenters. The summed E-state index contributed by atoms with van der Waals surface area (Å²) in [5.41, 5.74) is -0.934. The minimum atomic E-state index is -1.26. The van der Waals surface area contributed by atoms with Gasteiger partial charge < -0.3 is 39.0 Å². The number of amides is 1. The van der Waals surface area contributed by atoms with Gasteiger partial charge in [-0.1, -0.05) is 51.6 Å². The van der Waals surface area contributed by atoms with Crippen molar-refractivity contribution in [2.45, 2.75) is 149 Å². The average Bonchev–Trinajstić information content (AvgIpc) is 3.77. The van der Waals surface area contributed by atoms with Crippen LogP contribution in [-0.2, 0) is 39.8 Å². The van der Waals surface area contributed by atoms with Gasteiger partial charge in [0.15, 0.2) is 17.7 Å². The molecule has 5 rings (SSSR count). The Morgan fingerprint density at radius 1 is 1.07 bits per heavy atom. The first-order chi connectivity index (χ1) is 27.4. The number of nitrogens with zero attached hydrogens (tertiary/aromatic N) is 6. The van der Waals surface area contributed by atoms with Crippen LogP contribution in [-0.4, -0.2) is 147 Å². The lowest BCUT2D eigenvalue weighted by Gasteiger charge is -2.46. The molecule has 0 saturated carbocycles. The third-order valence-corrected chi connectivity index (χ3v) is 12.3. The van der Waals surface area contributed by atoms with Gasteiger partial charge in [0.1, 0.15) is 23.8 Å². The van der Waals surface area contributed by atoms with Gasteiger partial charge in [-0.25, -0.2) is 9.48 Å². The van der Waals surface area contributed by atoms with Crippen molar-refractivity contribution in [3.05, 3.63) is 42.7 Å². The van der Waals surface area contributed by atoms with Crippen molar-refractivity contribution in [2.75, 3.05) is 34.3 Å². The fraction of sp³-hybridized carbons (Fsp3) is 0.721. The Balaban J connectivity index is 0.00000769. The van der Waals surface area contributed by atoms with E-state index in [1.807, 2.05) is 83.2 Å². The number of allylic oxidation sites excluding steroid dienone is 1. The number of carbonyl (C=O) groups excluding carboxylic acids is 3. The van der Waals surface area contributed by atoms with Gasteiger partial charge in [0.05, 0.1) is 42.3 Å². The number of cyclic esters (lactones) is 1. The number of fused-ring (bicyclic) bond motifs is 1. The van der Waals surface area contributed by atoms with Gasteiger partial charge in [-0.05, 0) is 92.6 Å². The zero-order valence-corrected chi connectivity index (χ0v) is 36.0. The van der Waals surface area contributed by atoms with Crippen LogP contribution in [0.4, 0.5) is 4.79 Å². The molecule has 0 aromatic carbocycles. The molecule has 16 nitrogen and oxygen atoms in total. The Morgan fingerprint density at radius 3 is 2.42 bits per heavy atom. The van der Waals surface area contributed by atoms with E-state index < -0.39 is 71.5 Å². The highest BCUT2D eigenvalue weighted by Gasteiger charge is 2.58. The molecule has 5 heterocycles. The number of rotatable bonds is 10. The molecular formula is C43H69N7O9. The Bertz CT molecular complexity index is 1730. The molecule has 0 bridgehead atoms. The quantitative estimate of drug-likeness (QED) is 0.194. The number of esters is 1. The molecule has 330 valence electrons. The number of ketones is 1. The first-order valence-corrected chi connectivity index (χ1v) is 20.6. The molecule has 3 aliphatic rings. The van der Waals surface area contributed by atoms with Crippen molar-refractivity contribution in [3.63, 3.8) is 0 Å². The lowest BCUT2D eigenvalue weighted by molar-refractivity contribution is -0.295. The van der Waals surface area contributed by atoms with E-state index in [2.05, 4.69) is 27.5 Å². The summed E-state index contributed by atoms with van der Waals surface area (Å²) < 4.78 is 33.1. The monoisotopic (exact) mass is 828 g/mol. The zero-order valence-electron chi connectivity index (χ0n) is 36.0. The number of aromatic nitrogens is 4. The predicted octanol–water partition coefficient (Wildman–Crippen LogP) is 4.51. The van der Waals surface area contributed by atoms with E-state index in [0.717, 1.165) is 5.69 Å². The molecule has 2 N–H and O–H groups in total. The molecule has 13 atom stereocenters. The first-order valence-electron chi connectivity index (χ1n) is 20.6. The third kappa shape index (κ3) is 10.6. The molecule has 1 amide bonds. The Morgan fingerprint density at radius 2 is 1.78 bits per heavy atom. The number of aliphatic hydroxyl groups is 1. The summed E-state index contributed by atoms with van der Waals surface area (Å²) in [5, 5.41) is 23.5. The van der Waals surface area contributed by atoms with Crippen molar-refractivity contribution in [2.24, 2.45) is 17.8 Å². The van der Waals surface area contributed by atoms with Crippen molar-refractivity contribution >= 4 is 17.8 Å². The van der Waals surface area contributed by atoms with Gasteiger partial charge in [-0.3, -0.25) is 19.5 Å². The summed E-state index contributed by atoms with van der Waals surface area (Å²) in [6.45, 7) is 16.0. The Labute approximate surface area is 350 Å². The first kappa shape index (κ1) is 47.9. The smallest absolute Gasteiger partial charge is 0.411 e. The lowest BCUT2D eigenvalue weighted by atomic mass is 9.78. The largest absolute Gasteiger partial charge is 0.458 e. The molecule has 3 saturated heterocycles. The third-order valence-electron chi connectivity index (χ3n) is 12.3. The predicted molar refractivity (Wildman–Crippen MR) is 222 cm³/mol. The van der Waals surface area contributed by atoms with Crippen LogP contribution in [0.1, 0.15) is 82.1 Å². The highest BCUT2D eigenvalue weighted by Crippen LogP contribution is 2.40. The van der Waals surface area contributed by atoms with Gasteiger partial charge in [0.2, 0.25) is 0 Å². The molecule has 3 fully saturated rings. The van der Waals surface area contributed by atoms with Gasteiger partial charge in [-0.15, -0.1) is 5.10 Å². The summed E-state index contributed by atoms with van der Waals surface area (Å²) in [5.74, 6) is -3.20. The summed E-state index contributed by atoms with van der Waals surface area (Å²) >= 11 is 0. The van der Waals surface area contributed by atoms with Gasteiger partial charge in [0, 0.05) is 37.9 Å². The van der Waals surface area contributed by atoms with Crippen molar-refractivity contribution in [1.29, 1.82) is 0 Å². The number of hydrogen-bond acceptors (Lipinski definition) is 14. The van der Waals surface area contributed by atoms with Crippen LogP contribution < -0.4 is 5.32 Å². The second kappa shape index (κ2) is 20.2. The van der Waals surface area contributed by atoms with Crippen LogP contribution in [0.2, 0.25) is 0 Å². The topological polar surface area (TPSA) is 180 Å². The number of hydrogen-bond donors (Lipinski definition) is 2. The average molecular weight is 828 g/mol. The highest BCUT2D eigenvalue weighted by atomic mass is 16.7. The van der Waals surface area contributed by atoms with E-state index in [1.54, 1.807) is 36.7 Å². The van der Waals surface area contributed by atoms with Crippen LogP contribution in [0, 0.1) is 17.8 Å². The molecule has 0 aliphatic carbocycles. The molecule has 16 heteroatoms. The molecule has 2 aromatic heterocycles. The maximum Gasteiger partial charge on any atom is 0.411 e. The number of nitrogens with one attached hydrogen (secondary N) is 1. The second-order valence-corrected chi connectivity index (χ2v) is 17.1. The highest BCUT2D eigenvalue weighted by molar-refractivity contribution is 6.00. The van der Waals surface area contributed by atoms with Gasteiger partial charge in [0.25, 0.3) is 0 Å². The van der Waals surface area contributed by atoms with Crippen LogP contribution in [0.25, 0.3) is 11.4 Å². The maximum absolute atomic E-state index is 14.4. The van der Waals surface area contributed by atoms with E-state index in [9.17, 15) is 19.5 Å². The standard InChI is InChI=1S/C42H65N7O9.CH4/c1-12-33-42(8)36(49(40(53)58-42)20-16-15-19-48-24-31(45-46-48)30-17-13-14-18-43-30)29(6)44-23-25(2)22-41(7,54-11)37(27(4)34(50)28(5)38(52)56-33)57-39-35(51)32(47(9)10)21-26(3)55-39;/h13-18,24-29,32-33,35-37,39,44,51H,12,19-23H2,1-11H3;1H4/b16-15+;/t25-,26?,27+,28-,29-,32?,33-,35?,36-,37-,39+,41-,42-;/m1./s1. The van der Waals surface area contributed by atoms with Crippen molar-refractivity contribution in [3.8, 4) is 11.4 Å². The number of aliphatic hydroxyl groups excluding tert-OH is 1. The van der Waals surface area contributed by atoms with E-state index in [1.165, 1.54) is 6.92 Å². The normalized spacial score (nSPS) is 36.4. The second-order valence-electron chi connectivity index (χ2n) is 17.1.